The fraction of sp³-hybridized carbons (Fsp3) is 0.833. The van der Waals surface area contributed by atoms with Crippen LogP contribution < -0.4 is 15.5 Å². The van der Waals surface area contributed by atoms with Crippen molar-refractivity contribution in [3.8, 4) is 0 Å². The predicted octanol–water partition coefficient (Wildman–Crippen LogP) is -0.0647. The summed E-state index contributed by atoms with van der Waals surface area (Å²) in [5, 5.41) is 3.52. The SMILES string of the molecule is C[C@@H]1C[C@H](C)C[NH+](CC(=O)NC(=O)NCC(F)(F)F)C1. The van der Waals surface area contributed by atoms with Gasteiger partial charge in [0.15, 0.2) is 6.54 Å². The van der Waals surface area contributed by atoms with Crippen LogP contribution in [0, 0.1) is 11.8 Å². The average Bonchev–Trinajstić information content (AvgIpc) is 2.23. The molecule has 0 radical (unpaired) electrons. The lowest BCUT2D eigenvalue weighted by Gasteiger charge is -2.31. The molecule has 0 aromatic heterocycles. The molecular weight excluding hydrogens is 275 g/mol. The van der Waals surface area contributed by atoms with Gasteiger partial charge >= 0.3 is 12.2 Å². The number of hydrogen-bond acceptors (Lipinski definition) is 2. The van der Waals surface area contributed by atoms with Crippen LogP contribution >= 0.6 is 0 Å². The second-order valence-electron chi connectivity index (χ2n) is 5.63. The van der Waals surface area contributed by atoms with Crippen LogP contribution in [0.3, 0.4) is 0 Å². The Hall–Kier alpha value is -1.31. The van der Waals surface area contributed by atoms with Gasteiger partial charge in [-0.15, -0.1) is 0 Å². The Bertz CT molecular complexity index is 350. The van der Waals surface area contributed by atoms with E-state index in [0.29, 0.717) is 11.8 Å². The number of urea groups is 1. The molecule has 1 rings (SSSR count). The van der Waals surface area contributed by atoms with Gasteiger partial charge in [0.1, 0.15) is 6.54 Å². The average molecular weight is 296 g/mol. The number of likely N-dealkylation sites (tertiary alicyclic amines) is 1. The molecule has 0 aliphatic carbocycles. The second-order valence-corrected chi connectivity index (χ2v) is 5.63. The van der Waals surface area contributed by atoms with E-state index in [2.05, 4.69) is 13.8 Å². The molecule has 1 fully saturated rings. The maximum absolute atomic E-state index is 11.9. The van der Waals surface area contributed by atoms with Crippen LogP contribution in [0.2, 0.25) is 0 Å². The molecule has 1 aliphatic rings. The molecule has 1 aliphatic heterocycles. The number of alkyl halides is 3. The molecule has 0 saturated carbocycles. The van der Waals surface area contributed by atoms with Crippen LogP contribution in [0.5, 0.6) is 0 Å². The molecule has 1 saturated heterocycles. The summed E-state index contributed by atoms with van der Waals surface area (Å²) in [4.78, 5) is 23.8. The van der Waals surface area contributed by atoms with E-state index >= 15 is 0 Å². The highest BCUT2D eigenvalue weighted by molar-refractivity contribution is 5.94. The minimum absolute atomic E-state index is 0.105. The molecule has 116 valence electrons. The zero-order valence-electron chi connectivity index (χ0n) is 11.6. The summed E-state index contributed by atoms with van der Waals surface area (Å²) in [6, 6.07) is -1.11. The van der Waals surface area contributed by atoms with Crippen molar-refractivity contribution in [2.24, 2.45) is 11.8 Å². The monoisotopic (exact) mass is 296 g/mol. The summed E-state index contributed by atoms with van der Waals surface area (Å²) in [5.74, 6) is 0.446. The van der Waals surface area contributed by atoms with Gasteiger partial charge in [-0.05, 0) is 6.42 Å². The lowest BCUT2D eigenvalue weighted by atomic mass is 9.92. The van der Waals surface area contributed by atoms with Crippen molar-refractivity contribution >= 4 is 11.9 Å². The van der Waals surface area contributed by atoms with Crippen LogP contribution in [0.25, 0.3) is 0 Å². The first kappa shape index (κ1) is 16.7. The number of amides is 3. The van der Waals surface area contributed by atoms with Gasteiger partial charge in [0.05, 0.1) is 13.1 Å². The second kappa shape index (κ2) is 6.92. The first-order chi connectivity index (χ1) is 9.15. The van der Waals surface area contributed by atoms with Crippen molar-refractivity contribution < 1.29 is 27.7 Å². The van der Waals surface area contributed by atoms with Crippen LogP contribution in [0.4, 0.5) is 18.0 Å². The third-order valence-electron chi connectivity index (χ3n) is 3.19. The third kappa shape index (κ3) is 6.74. The van der Waals surface area contributed by atoms with Gasteiger partial charge in [-0.2, -0.15) is 13.2 Å². The summed E-state index contributed by atoms with van der Waals surface area (Å²) in [5.41, 5.74) is 0. The predicted molar refractivity (Wildman–Crippen MR) is 66.1 cm³/mol. The maximum atomic E-state index is 11.9. The van der Waals surface area contributed by atoms with E-state index in [1.54, 1.807) is 5.32 Å². The first-order valence-electron chi connectivity index (χ1n) is 6.63. The van der Waals surface area contributed by atoms with E-state index in [1.165, 1.54) is 0 Å². The van der Waals surface area contributed by atoms with Crippen LogP contribution in [0.1, 0.15) is 20.3 Å². The Morgan fingerprint density at radius 3 is 2.25 bits per heavy atom. The van der Waals surface area contributed by atoms with E-state index in [0.717, 1.165) is 24.4 Å². The number of carbonyl (C=O) groups excluding carboxylic acids is 2. The lowest BCUT2D eigenvalue weighted by molar-refractivity contribution is -0.904. The molecule has 3 amide bonds. The Morgan fingerprint density at radius 1 is 1.20 bits per heavy atom. The van der Waals surface area contributed by atoms with Crippen molar-refractivity contribution in [2.75, 3.05) is 26.2 Å². The molecule has 3 atom stereocenters. The molecule has 1 unspecified atom stereocenters. The topological polar surface area (TPSA) is 62.6 Å². The van der Waals surface area contributed by atoms with Crippen LogP contribution in [0.15, 0.2) is 0 Å². The van der Waals surface area contributed by atoms with Crippen molar-refractivity contribution in [3.05, 3.63) is 0 Å². The zero-order valence-corrected chi connectivity index (χ0v) is 11.6. The fourth-order valence-electron chi connectivity index (χ4n) is 2.69. The largest absolute Gasteiger partial charge is 0.405 e. The molecule has 0 spiro atoms. The molecule has 0 aromatic rings. The highest BCUT2D eigenvalue weighted by atomic mass is 19.4. The minimum atomic E-state index is -4.48. The zero-order chi connectivity index (χ0) is 15.3. The van der Waals surface area contributed by atoms with Crippen LogP contribution in [-0.4, -0.2) is 44.3 Å². The third-order valence-corrected chi connectivity index (χ3v) is 3.19. The number of nitrogens with one attached hydrogen (secondary N) is 3. The lowest BCUT2D eigenvalue weighted by Crippen LogP contribution is -3.15. The van der Waals surface area contributed by atoms with Gasteiger partial charge in [-0.1, -0.05) is 13.8 Å². The van der Waals surface area contributed by atoms with Crippen molar-refractivity contribution in [3.63, 3.8) is 0 Å². The molecule has 5 nitrogen and oxygen atoms in total. The summed E-state index contributed by atoms with van der Waals surface area (Å²) in [6.07, 6.45) is -3.37. The Kier molecular flexibility index (Phi) is 5.79. The van der Waals surface area contributed by atoms with Gasteiger partial charge < -0.3 is 10.2 Å². The number of piperidine rings is 1. The molecule has 20 heavy (non-hydrogen) atoms. The fourth-order valence-corrected chi connectivity index (χ4v) is 2.69. The summed E-state index contributed by atoms with van der Waals surface area (Å²) >= 11 is 0. The van der Waals surface area contributed by atoms with Gasteiger partial charge in [0, 0.05) is 11.8 Å². The van der Waals surface area contributed by atoms with Crippen LogP contribution in [-0.2, 0) is 4.79 Å². The standard InChI is InChI=1S/C12H20F3N3O2/c1-8-3-9(2)5-18(4-8)6-10(19)17-11(20)16-7-12(13,14)15/h8-9H,3-7H2,1-2H3,(H2,16,17,19,20)/p+1/t8-,9+. The maximum Gasteiger partial charge on any atom is 0.405 e. The molecular formula is C12H21F3N3O2+. The van der Waals surface area contributed by atoms with E-state index in [-0.39, 0.29) is 6.54 Å². The van der Waals surface area contributed by atoms with Gasteiger partial charge in [-0.3, -0.25) is 10.1 Å². The van der Waals surface area contributed by atoms with Crippen molar-refractivity contribution in [1.82, 2.24) is 10.6 Å². The summed E-state index contributed by atoms with van der Waals surface area (Å²) in [6.45, 7) is 4.53. The number of imide groups is 1. The molecule has 0 bridgehead atoms. The number of rotatable bonds is 3. The molecule has 0 aromatic carbocycles. The smallest absolute Gasteiger partial charge is 0.329 e. The van der Waals surface area contributed by atoms with Gasteiger partial charge in [0.2, 0.25) is 0 Å². The van der Waals surface area contributed by atoms with E-state index in [9.17, 15) is 22.8 Å². The number of hydrogen-bond donors (Lipinski definition) is 3. The first-order valence-corrected chi connectivity index (χ1v) is 6.63. The highest BCUT2D eigenvalue weighted by Crippen LogP contribution is 2.12. The summed E-state index contributed by atoms with van der Waals surface area (Å²) < 4.78 is 35.6. The van der Waals surface area contributed by atoms with E-state index in [1.807, 2.05) is 5.32 Å². The van der Waals surface area contributed by atoms with Crippen molar-refractivity contribution in [2.45, 2.75) is 26.4 Å². The van der Waals surface area contributed by atoms with E-state index in [4.69, 9.17) is 0 Å². The minimum Gasteiger partial charge on any atom is -0.329 e. The van der Waals surface area contributed by atoms with Gasteiger partial charge in [-0.25, -0.2) is 4.79 Å². The Morgan fingerprint density at radius 2 is 1.75 bits per heavy atom. The van der Waals surface area contributed by atoms with E-state index < -0.39 is 24.7 Å². The Balaban J connectivity index is 2.30. The normalized spacial score (nSPS) is 26.9. The number of quaternary nitrogens is 1. The molecule has 3 N–H and O–H groups in total. The Labute approximate surface area is 115 Å². The van der Waals surface area contributed by atoms with Gasteiger partial charge in [0.25, 0.3) is 5.91 Å². The molecule has 1 heterocycles. The summed E-state index contributed by atoms with van der Waals surface area (Å²) in [7, 11) is 0. The number of halogens is 3. The quantitative estimate of drug-likeness (QED) is 0.683. The number of carbonyl (C=O) groups is 2. The molecule has 8 heteroatoms. The highest BCUT2D eigenvalue weighted by Gasteiger charge is 2.29. The van der Waals surface area contributed by atoms with Crippen molar-refractivity contribution in [1.29, 1.82) is 0 Å².